The maximum atomic E-state index is 11.1. The Hall–Kier alpha value is -1.59. The number of carbonyl (C=O) groups excluding carboxylic acids is 1. The minimum Gasteiger partial charge on any atom is -0.389 e. The molecule has 0 aromatic heterocycles. The van der Waals surface area contributed by atoms with Crippen LogP contribution < -0.4 is 0 Å². The van der Waals surface area contributed by atoms with E-state index in [9.17, 15) is 15.0 Å². The van der Waals surface area contributed by atoms with Crippen molar-refractivity contribution in [1.29, 1.82) is 0 Å². The standard InChI is InChI=1S/C19H17ClO3S/c1-11(21)24-10-16(22)19(23)17-12-6-2-4-8-14(12)18(20)15-9-5-3-7-13(15)17/h2-9,16,19,22-23H,10H2,1H3. The Morgan fingerprint density at radius 3 is 1.92 bits per heavy atom. The van der Waals surface area contributed by atoms with E-state index in [1.807, 2.05) is 48.5 Å². The number of hydrogen-bond donors (Lipinski definition) is 2. The van der Waals surface area contributed by atoms with Crippen molar-refractivity contribution in [2.45, 2.75) is 19.1 Å². The molecule has 0 aliphatic heterocycles. The summed E-state index contributed by atoms with van der Waals surface area (Å²) in [7, 11) is 0. The molecule has 2 atom stereocenters. The number of carbonyl (C=O) groups is 1. The van der Waals surface area contributed by atoms with Gasteiger partial charge in [-0.3, -0.25) is 4.79 Å². The third-order valence-electron chi connectivity index (χ3n) is 4.02. The Labute approximate surface area is 149 Å². The van der Waals surface area contributed by atoms with Gasteiger partial charge >= 0.3 is 0 Å². The second-order valence-electron chi connectivity index (χ2n) is 5.63. The molecule has 0 radical (unpaired) electrons. The fourth-order valence-corrected chi connectivity index (χ4v) is 3.83. The first-order chi connectivity index (χ1) is 11.5. The molecule has 0 heterocycles. The minimum atomic E-state index is -1.11. The third-order valence-corrected chi connectivity index (χ3v) is 5.35. The van der Waals surface area contributed by atoms with Crippen LogP contribution in [0, 0.1) is 0 Å². The summed E-state index contributed by atoms with van der Waals surface area (Å²) in [4.78, 5) is 11.1. The van der Waals surface area contributed by atoms with Crippen LogP contribution in [0.2, 0.25) is 5.02 Å². The van der Waals surface area contributed by atoms with Crippen LogP contribution in [0.4, 0.5) is 0 Å². The quantitative estimate of drug-likeness (QED) is 0.680. The van der Waals surface area contributed by atoms with E-state index < -0.39 is 12.2 Å². The van der Waals surface area contributed by atoms with Gasteiger partial charge in [-0.1, -0.05) is 71.9 Å². The monoisotopic (exact) mass is 360 g/mol. The summed E-state index contributed by atoms with van der Waals surface area (Å²) in [5, 5.41) is 24.9. The topological polar surface area (TPSA) is 57.5 Å². The molecule has 5 heteroatoms. The summed E-state index contributed by atoms with van der Waals surface area (Å²) in [6.07, 6.45) is -2.16. The van der Waals surface area contributed by atoms with Gasteiger partial charge < -0.3 is 10.2 Å². The van der Waals surface area contributed by atoms with E-state index in [1.54, 1.807) is 0 Å². The van der Waals surface area contributed by atoms with Gasteiger partial charge in [0.05, 0.1) is 11.1 Å². The van der Waals surface area contributed by atoms with Crippen LogP contribution in [0.5, 0.6) is 0 Å². The molecule has 2 unspecified atom stereocenters. The summed E-state index contributed by atoms with van der Waals surface area (Å²) >= 11 is 7.54. The molecule has 0 bridgehead atoms. The molecule has 0 spiro atoms. The van der Waals surface area contributed by atoms with Crippen LogP contribution in [0.25, 0.3) is 21.5 Å². The van der Waals surface area contributed by atoms with Crippen LogP contribution in [-0.2, 0) is 4.79 Å². The van der Waals surface area contributed by atoms with E-state index in [2.05, 4.69) is 0 Å². The van der Waals surface area contributed by atoms with E-state index in [-0.39, 0.29) is 10.9 Å². The van der Waals surface area contributed by atoms with Gasteiger partial charge in [-0.15, -0.1) is 0 Å². The molecule has 0 aliphatic rings. The Bertz CT molecular complexity index is 853. The molecule has 0 aliphatic carbocycles. The lowest BCUT2D eigenvalue weighted by atomic mass is 9.91. The molecule has 3 aromatic rings. The van der Waals surface area contributed by atoms with E-state index in [4.69, 9.17) is 11.6 Å². The normalized spacial score (nSPS) is 14.0. The van der Waals surface area contributed by atoms with Crippen molar-refractivity contribution in [3.63, 3.8) is 0 Å². The maximum Gasteiger partial charge on any atom is 0.185 e. The van der Waals surface area contributed by atoms with Crippen molar-refractivity contribution in [3.05, 3.63) is 59.1 Å². The molecule has 0 amide bonds. The number of thioether (sulfide) groups is 1. The molecule has 2 N–H and O–H groups in total. The molecule has 124 valence electrons. The summed E-state index contributed by atoms with van der Waals surface area (Å²) in [6, 6.07) is 15.1. The van der Waals surface area contributed by atoms with Crippen molar-refractivity contribution in [3.8, 4) is 0 Å². The molecule has 0 saturated carbocycles. The maximum absolute atomic E-state index is 11.1. The van der Waals surface area contributed by atoms with Gasteiger partial charge in [-0.2, -0.15) is 0 Å². The molecular formula is C19H17ClO3S. The van der Waals surface area contributed by atoms with Crippen molar-refractivity contribution in [1.82, 2.24) is 0 Å². The largest absolute Gasteiger partial charge is 0.389 e. The number of aliphatic hydroxyl groups excluding tert-OH is 2. The van der Waals surface area contributed by atoms with Gasteiger partial charge in [0, 0.05) is 23.4 Å². The van der Waals surface area contributed by atoms with Gasteiger partial charge in [-0.05, 0) is 16.3 Å². The summed E-state index contributed by atoms with van der Waals surface area (Å²) in [5.41, 5.74) is 0.641. The highest BCUT2D eigenvalue weighted by atomic mass is 35.5. The van der Waals surface area contributed by atoms with Crippen molar-refractivity contribution >= 4 is 50.0 Å². The Morgan fingerprint density at radius 2 is 1.46 bits per heavy atom. The van der Waals surface area contributed by atoms with Gasteiger partial charge in [0.25, 0.3) is 0 Å². The van der Waals surface area contributed by atoms with Crippen LogP contribution in [-0.4, -0.2) is 27.2 Å². The van der Waals surface area contributed by atoms with Crippen LogP contribution >= 0.6 is 23.4 Å². The van der Waals surface area contributed by atoms with E-state index >= 15 is 0 Å². The van der Waals surface area contributed by atoms with Crippen molar-refractivity contribution < 1.29 is 15.0 Å². The first-order valence-corrected chi connectivity index (χ1v) is 8.95. The van der Waals surface area contributed by atoms with E-state index in [1.165, 1.54) is 6.92 Å². The minimum absolute atomic E-state index is 0.0907. The first kappa shape index (κ1) is 17.2. The number of benzene rings is 3. The number of aliphatic hydroxyl groups is 2. The number of hydrogen-bond acceptors (Lipinski definition) is 4. The SMILES string of the molecule is CC(=O)SCC(O)C(O)c1c2ccccc2c(Cl)c2ccccc12. The van der Waals surface area contributed by atoms with Gasteiger partial charge in [0.1, 0.15) is 6.10 Å². The van der Waals surface area contributed by atoms with Gasteiger partial charge in [-0.25, -0.2) is 0 Å². The van der Waals surface area contributed by atoms with E-state index in [0.29, 0.717) is 10.6 Å². The average molecular weight is 361 g/mol. The lowest BCUT2D eigenvalue weighted by Gasteiger charge is -2.22. The second-order valence-corrected chi connectivity index (χ2v) is 7.21. The Morgan fingerprint density at radius 1 is 1.00 bits per heavy atom. The summed E-state index contributed by atoms with van der Waals surface area (Å²) in [5.74, 6) is 0.141. The Balaban J connectivity index is 2.21. The fraction of sp³-hybridized carbons (Fsp3) is 0.211. The molecule has 3 aromatic carbocycles. The highest BCUT2D eigenvalue weighted by Crippen LogP contribution is 2.39. The lowest BCUT2D eigenvalue weighted by Crippen LogP contribution is -2.22. The predicted molar refractivity (Wildman–Crippen MR) is 101 cm³/mol. The van der Waals surface area contributed by atoms with E-state index in [0.717, 1.165) is 33.3 Å². The average Bonchev–Trinajstić information content (AvgIpc) is 2.59. The summed E-state index contributed by atoms with van der Waals surface area (Å²) < 4.78 is 0. The molecule has 0 saturated heterocycles. The zero-order chi connectivity index (χ0) is 17.3. The van der Waals surface area contributed by atoms with Crippen molar-refractivity contribution in [2.24, 2.45) is 0 Å². The molecule has 3 rings (SSSR count). The van der Waals surface area contributed by atoms with Gasteiger partial charge in [0.2, 0.25) is 0 Å². The molecule has 24 heavy (non-hydrogen) atoms. The smallest absolute Gasteiger partial charge is 0.185 e. The van der Waals surface area contributed by atoms with Gasteiger partial charge in [0.15, 0.2) is 5.12 Å². The highest BCUT2D eigenvalue weighted by Gasteiger charge is 2.24. The zero-order valence-electron chi connectivity index (χ0n) is 13.1. The fourth-order valence-electron chi connectivity index (χ4n) is 2.91. The zero-order valence-corrected chi connectivity index (χ0v) is 14.6. The second kappa shape index (κ2) is 7.11. The number of rotatable bonds is 4. The van der Waals surface area contributed by atoms with Crippen LogP contribution in [0.3, 0.4) is 0 Å². The molecular weight excluding hydrogens is 344 g/mol. The molecule has 3 nitrogen and oxygen atoms in total. The number of fused-ring (bicyclic) bond motifs is 2. The van der Waals surface area contributed by atoms with Crippen LogP contribution in [0.15, 0.2) is 48.5 Å². The lowest BCUT2D eigenvalue weighted by molar-refractivity contribution is -0.109. The summed E-state index contributed by atoms with van der Waals surface area (Å²) in [6.45, 7) is 1.44. The predicted octanol–water partition coefficient (Wildman–Crippen LogP) is 4.32. The molecule has 0 fully saturated rings. The van der Waals surface area contributed by atoms with Crippen molar-refractivity contribution in [2.75, 3.05) is 5.75 Å². The van der Waals surface area contributed by atoms with Crippen LogP contribution in [0.1, 0.15) is 18.6 Å². The number of halogens is 1. The Kier molecular flexibility index (Phi) is 5.11. The third kappa shape index (κ3) is 3.15. The highest BCUT2D eigenvalue weighted by molar-refractivity contribution is 8.13. The first-order valence-electron chi connectivity index (χ1n) is 7.59.